The Hall–Kier alpha value is -1.55. The van der Waals surface area contributed by atoms with E-state index in [1.807, 2.05) is 12.1 Å². The number of ketones is 1. The fraction of sp³-hybridized carbons (Fsp3) is 0.533. The molecule has 1 aromatic rings. The number of carbonyl (C=O) groups is 1. The molecule has 1 aromatic carbocycles. The Morgan fingerprint density at radius 1 is 1.21 bits per heavy atom. The van der Waals surface area contributed by atoms with E-state index in [4.69, 9.17) is 9.47 Å². The maximum atomic E-state index is 10.8. The summed E-state index contributed by atoms with van der Waals surface area (Å²) < 4.78 is 11.3. The summed E-state index contributed by atoms with van der Waals surface area (Å²) in [6, 6.07) is 6.10. The molecule has 0 spiro atoms. The smallest absolute Gasteiger partial charge is 0.161 e. The lowest BCUT2D eigenvalue weighted by Crippen LogP contribution is -2.20. The Labute approximate surface area is 114 Å². The second-order valence-electron chi connectivity index (χ2n) is 4.78. The summed E-state index contributed by atoms with van der Waals surface area (Å²) in [6.45, 7) is 4.67. The lowest BCUT2D eigenvalue weighted by molar-refractivity contribution is -0.116. The van der Waals surface area contributed by atoms with Gasteiger partial charge in [-0.1, -0.05) is 6.07 Å². The minimum Gasteiger partial charge on any atom is -0.490 e. The molecule has 0 unspecified atom stereocenters. The van der Waals surface area contributed by atoms with Gasteiger partial charge in [0.2, 0.25) is 0 Å². The third-order valence-corrected chi connectivity index (χ3v) is 3.06. The molecule has 19 heavy (non-hydrogen) atoms. The first-order chi connectivity index (χ1) is 9.25. The molecular weight excluding hydrogens is 242 g/mol. The van der Waals surface area contributed by atoms with Crippen LogP contribution >= 0.6 is 0 Å². The predicted octanol–water partition coefficient (Wildman–Crippen LogP) is 1.96. The van der Waals surface area contributed by atoms with Crippen molar-refractivity contribution in [1.82, 2.24) is 5.32 Å². The highest BCUT2D eigenvalue weighted by molar-refractivity contribution is 5.75. The van der Waals surface area contributed by atoms with Crippen molar-refractivity contribution in [2.45, 2.75) is 26.2 Å². The van der Waals surface area contributed by atoms with E-state index >= 15 is 0 Å². The van der Waals surface area contributed by atoms with Crippen LogP contribution in [0, 0.1) is 0 Å². The lowest BCUT2D eigenvalue weighted by atomic mass is 10.1. The Balaban J connectivity index is 1.81. The predicted molar refractivity (Wildman–Crippen MR) is 73.9 cm³/mol. The summed E-state index contributed by atoms with van der Waals surface area (Å²) in [6.07, 6.45) is 2.45. The minimum absolute atomic E-state index is 0.225. The van der Waals surface area contributed by atoms with Gasteiger partial charge in [0.1, 0.15) is 5.78 Å². The van der Waals surface area contributed by atoms with E-state index in [0.717, 1.165) is 44.0 Å². The van der Waals surface area contributed by atoms with Gasteiger partial charge >= 0.3 is 0 Å². The lowest BCUT2D eigenvalue weighted by Gasteiger charge is -2.09. The van der Waals surface area contributed by atoms with E-state index in [0.29, 0.717) is 13.0 Å². The molecule has 1 aliphatic rings. The number of hydrogen-bond acceptors (Lipinski definition) is 4. The number of Topliss-reactive ketones (excluding diaryl/α,β-unsaturated/α-hetero) is 1. The number of ether oxygens (including phenoxy) is 2. The van der Waals surface area contributed by atoms with E-state index < -0.39 is 0 Å². The molecule has 0 radical (unpaired) electrons. The normalized spacial score (nSPS) is 13.9. The topological polar surface area (TPSA) is 47.6 Å². The highest BCUT2D eigenvalue weighted by Crippen LogP contribution is 2.30. The van der Waals surface area contributed by atoms with E-state index in [1.54, 1.807) is 6.92 Å². The molecule has 4 heteroatoms. The zero-order chi connectivity index (χ0) is 13.5. The monoisotopic (exact) mass is 263 g/mol. The number of hydrogen-bond donors (Lipinski definition) is 1. The largest absolute Gasteiger partial charge is 0.490 e. The van der Waals surface area contributed by atoms with Crippen LogP contribution in [0.5, 0.6) is 11.5 Å². The van der Waals surface area contributed by atoms with Crippen LogP contribution in [0.1, 0.15) is 25.3 Å². The van der Waals surface area contributed by atoms with Gasteiger partial charge in [0, 0.05) is 19.4 Å². The van der Waals surface area contributed by atoms with Crippen molar-refractivity contribution in [3.05, 3.63) is 23.8 Å². The Morgan fingerprint density at radius 2 is 2.00 bits per heavy atom. The number of benzene rings is 1. The van der Waals surface area contributed by atoms with Gasteiger partial charge in [-0.3, -0.25) is 4.79 Å². The molecule has 0 amide bonds. The summed E-state index contributed by atoms with van der Waals surface area (Å²) in [7, 11) is 0. The summed E-state index contributed by atoms with van der Waals surface area (Å²) in [5.41, 5.74) is 1.22. The number of nitrogens with one attached hydrogen (secondary N) is 1. The van der Waals surface area contributed by atoms with Crippen molar-refractivity contribution in [2.24, 2.45) is 0 Å². The second kappa shape index (κ2) is 7.14. The molecule has 2 rings (SSSR count). The van der Waals surface area contributed by atoms with Gasteiger partial charge in [-0.05, 0) is 37.6 Å². The summed E-state index contributed by atoms with van der Waals surface area (Å²) in [5, 5.41) is 3.26. The summed E-state index contributed by atoms with van der Waals surface area (Å²) >= 11 is 0. The van der Waals surface area contributed by atoms with Gasteiger partial charge in [0.05, 0.1) is 13.2 Å². The van der Waals surface area contributed by atoms with Crippen LogP contribution < -0.4 is 14.8 Å². The standard InChI is InChI=1S/C15H21NO3/c1-12(17)5-7-16-8-6-13-3-4-14-15(11-13)19-10-2-9-18-14/h3-4,11,16H,2,5-10H2,1H3. The molecule has 0 atom stereocenters. The molecule has 0 aromatic heterocycles. The first kappa shape index (κ1) is 13.9. The van der Waals surface area contributed by atoms with Gasteiger partial charge < -0.3 is 14.8 Å². The Morgan fingerprint density at radius 3 is 2.79 bits per heavy atom. The fourth-order valence-corrected chi connectivity index (χ4v) is 1.99. The van der Waals surface area contributed by atoms with Crippen molar-refractivity contribution >= 4 is 5.78 Å². The summed E-state index contributed by atoms with van der Waals surface area (Å²) in [5.74, 6) is 1.91. The first-order valence-electron chi connectivity index (χ1n) is 6.84. The van der Waals surface area contributed by atoms with Gasteiger partial charge in [0.25, 0.3) is 0 Å². The van der Waals surface area contributed by atoms with Gasteiger partial charge in [0.15, 0.2) is 11.5 Å². The van der Waals surface area contributed by atoms with Crippen molar-refractivity contribution in [3.63, 3.8) is 0 Å². The SMILES string of the molecule is CC(=O)CCNCCc1ccc2c(c1)OCCCO2. The van der Waals surface area contributed by atoms with E-state index in [9.17, 15) is 4.79 Å². The summed E-state index contributed by atoms with van der Waals surface area (Å²) in [4.78, 5) is 10.8. The van der Waals surface area contributed by atoms with Crippen LogP contribution in [0.3, 0.4) is 0 Å². The molecule has 0 fully saturated rings. The van der Waals surface area contributed by atoms with Crippen LogP contribution in [0.2, 0.25) is 0 Å². The maximum absolute atomic E-state index is 10.8. The van der Waals surface area contributed by atoms with E-state index in [1.165, 1.54) is 5.56 Å². The van der Waals surface area contributed by atoms with Crippen LogP contribution in [0.4, 0.5) is 0 Å². The third-order valence-electron chi connectivity index (χ3n) is 3.06. The van der Waals surface area contributed by atoms with Crippen molar-refractivity contribution in [2.75, 3.05) is 26.3 Å². The van der Waals surface area contributed by atoms with E-state index in [-0.39, 0.29) is 5.78 Å². The molecule has 0 saturated heterocycles. The van der Waals surface area contributed by atoms with Gasteiger partial charge in [-0.2, -0.15) is 0 Å². The third kappa shape index (κ3) is 4.56. The molecule has 1 N–H and O–H groups in total. The van der Waals surface area contributed by atoms with Gasteiger partial charge in [-0.15, -0.1) is 0 Å². The van der Waals surface area contributed by atoms with E-state index in [2.05, 4.69) is 11.4 Å². The zero-order valence-corrected chi connectivity index (χ0v) is 11.4. The second-order valence-corrected chi connectivity index (χ2v) is 4.78. The Kier molecular flexibility index (Phi) is 5.21. The van der Waals surface area contributed by atoms with Crippen LogP contribution in [0.15, 0.2) is 18.2 Å². The highest BCUT2D eigenvalue weighted by atomic mass is 16.5. The molecule has 0 bridgehead atoms. The van der Waals surface area contributed by atoms with Crippen LogP contribution in [-0.2, 0) is 11.2 Å². The molecule has 104 valence electrons. The molecule has 0 saturated carbocycles. The van der Waals surface area contributed by atoms with Crippen LogP contribution in [0.25, 0.3) is 0 Å². The Bertz CT molecular complexity index is 431. The fourth-order valence-electron chi connectivity index (χ4n) is 1.99. The average molecular weight is 263 g/mol. The quantitative estimate of drug-likeness (QED) is 0.797. The van der Waals surface area contributed by atoms with Gasteiger partial charge in [-0.25, -0.2) is 0 Å². The zero-order valence-electron chi connectivity index (χ0n) is 11.4. The van der Waals surface area contributed by atoms with Crippen LogP contribution in [-0.4, -0.2) is 32.1 Å². The number of carbonyl (C=O) groups excluding carboxylic acids is 1. The molecule has 1 heterocycles. The molecular formula is C15H21NO3. The number of fused-ring (bicyclic) bond motifs is 1. The maximum Gasteiger partial charge on any atom is 0.161 e. The molecule has 0 aliphatic carbocycles. The first-order valence-corrected chi connectivity index (χ1v) is 6.84. The average Bonchev–Trinajstić information content (AvgIpc) is 2.62. The van der Waals surface area contributed by atoms with Crippen molar-refractivity contribution in [3.8, 4) is 11.5 Å². The number of rotatable bonds is 6. The van der Waals surface area contributed by atoms with Crippen molar-refractivity contribution < 1.29 is 14.3 Å². The minimum atomic E-state index is 0.225. The highest BCUT2D eigenvalue weighted by Gasteiger charge is 2.10. The molecule has 4 nitrogen and oxygen atoms in total. The van der Waals surface area contributed by atoms with Crippen molar-refractivity contribution in [1.29, 1.82) is 0 Å². The molecule has 1 aliphatic heterocycles.